The lowest BCUT2D eigenvalue weighted by Crippen LogP contribution is -2.29. The molecular formula is C18H13BrN2. The largest absolute Gasteiger partial charge is 0.328 e. The molecule has 0 atom stereocenters. The molecule has 21 heavy (non-hydrogen) atoms. The van der Waals surface area contributed by atoms with Crippen LogP contribution in [-0.4, -0.2) is 12.9 Å². The first-order valence-electron chi connectivity index (χ1n) is 6.84. The van der Waals surface area contributed by atoms with Gasteiger partial charge >= 0.3 is 0 Å². The first-order chi connectivity index (χ1) is 10.2. The Morgan fingerprint density at radius 1 is 0.905 bits per heavy atom. The maximum absolute atomic E-state index is 4.87. The lowest BCUT2D eigenvalue weighted by Gasteiger charge is -2.27. The molecule has 0 fully saturated rings. The second-order valence-corrected chi connectivity index (χ2v) is 6.07. The van der Waals surface area contributed by atoms with E-state index in [1.807, 2.05) is 12.1 Å². The molecule has 0 amide bonds. The van der Waals surface area contributed by atoms with Crippen LogP contribution in [0, 0.1) is 0 Å². The van der Waals surface area contributed by atoms with E-state index in [9.17, 15) is 0 Å². The van der Waals surface area contributed by atoms with Gasteiger partial charge in [0.05, 0.1) is 11.4 Å². The third kappa shape index (κ3) is 1.96. The van der Waals surface area contributed by atoms with Gasteiger partial charge in [0.1, 0.15) is 5.84 Å². The highest BCUT2D eigenvalue weighted by molar-refractivity contribution is 9.10. The SMILES string of the molecule is CN1C(c2ccc(Br)cc2)=Nc2cccc3cccc1c23. The fourth-order valence-electron chi connectivity index (χ4n) is 2.83. The summed E-state index contributed by atoms with van der Waals surface area (Å²) in [6.07, 6.45) is 0. The summed E-state index contributed by atoms with van der Waals surface area (Å²) in [6.45, 7) is 0. The molecule has 3 aromatic rings. The van der Waals surface area contributed by atoms with Gasteiger partial charge in [-0.15, -0.1) is 0 Å². The standard InChI is InChI=1S/C18H13BrN2/c1-21-16-7-3-5-12-4-2-6-15(17(12)16)20-18(21)13-8-10-14(19)11-9-13/h2-11H,1H3. The first-order valence-corrected chi connectivity index (χ1v) is 7.63. The van der Waals surface area contributed by atoms with E-state index in [2.05, 4.69) is 76.4 Å². The Morgan fingerprint density at radius 3 is 2.38 bits per heavy atom. The van der Waals surface area contributed by atoms with E-state index < -0.39 is 0 Å². The Bertz CT molecular complexity index is 861. The zero-order chi connectivity index (χ0) is 14.4. The molecule has 4 rings (SSSR count). The normalized spacial score (nSPS) is 13.4. The van der Waals surface area contributed by atoms with Gasteiger partial charge in [-0.2, -0.15) is 0 Å². The second-order valence-electron chi connectivity index (χ2n) is 5.15. The van der Waals surface area contributed by atoms with Gasteiger partial charge in [0, 0.05) is 22.5 Å². The molecular weight excluding hydrogens is 324 g/mol. The van der Waals surface area contributed by atoms with Crippen molar-refractivity contribution in [2.24, 2.45) is 4.99 Å². The summed E-state index contributed by atoms with van der Waals surface area (Å²) < 4.78 is 1.08. The van der Waals surface area contributed by atoms with Gasteiger partial charge < -0.3 is 4.90 Å². The summed E-state index contributed by atoms with van der Waals surface area (Å²) in [4.78, 5) is 7.04. The van der Waals surface area contributed by atoms with E-state index in [-0.39, 0.29) is 0 Å². The van der Waals surface area contributed by atoms with Crippen molar-refractivity contribution >= 4 is 43.9 Å². The van der Waals surface area contributed by atoms with E-state index in [4.69, 9.17) is 4.99 Å². The van der Waals surface area contributed by atoms with Gasteiger partial charge in [-0.3, -0.25) is 0 Å². The molecule has 2 nitrogen and oxygen atoms in total. The molecule has 1 heterocycles. The average molecular weight is 337 g/mol. The van der Waals surface area contributed by atoms with Crippen molar-refractivity contribution in [1.29, 1.82) is 0 Å². The summed E-state index contributed by atoms with van der Waals surface area (Å²) >= 11 is 3.48. The number of aliphatic imine (C=N–C) groups is 1. The van der Waals surface area contributed by atoms with E-state index >= 15 is 0 Å². The smallest absolute Gasteiger partial charge is 0.140 e. The zero-order valence-corrected chi connectivity index (χ0v) is 13.1. The lowest BCUT2D eigenvalue weighted by atomic mass is 10.0. The van der Waals surface area contributed by atoms with Gasteiger partial charge in [0.15, 0.2) is 0 Å². The van der Waals surface area contributed by atoms with Crippen LogP contribution < -0.4 is 4.90 Å². The van der Waals surface area contributed by atoms with Crippen LogP contribution in [0.15, 0.2) is 70.1 Å². The van der Waals surface area contributed by atoms with Gasteiger partial charge in [-0.1, -0.05) is 52.3 Å². The van der Waals surface area contributed by atoms with E-state index in [1.165, 1.54) is 16.5 Å². The predicted molar refractivity (Wildman–Crippen MR) is 92.7 cm³/mol. The third-order valence-corrected chi connectivity index (χ3v) is 4.40. The zero-order valence-electron chi connectivity index (χ0n) is 11.5. The quantitative estimate of drug-likeness (QED) is 0.601. The van der Waals surface area contributed by atoms with E-state index in [1.54, 1.807) is 0 Å². The minimum absolute atomic E-state index is 0.980. The number of hydrogen-bond acceptors (Lipinski definition) is 2. The minimum Gasteiger partial charge on any atom is -0.328 e. The summed E-state index contributed by atoms with van der Waals surface area (Å²) in [5.41, 5.74) is 3.36. The molecule has 3 aromatic carbocycles. The third-order valence-electron chi connectivity index (χ3n) is 3.87. The molecule has 0 bridgehead atoms. The molecule has 1 aliphatic rings. The fourth-order valence-corrected chi connectivity index (χ4v) is 3.10. The summed E-state index contributed by atoms with van der Waals surface area (Å²) in [7, 11) is 2.07. The van der Waals surface area contributed by atoms with E-state index in [0.717, 1.165) is 21.6 Å². The molecule has 0 radical (unpaired) electrons. The molecule has 0 saturated carbocycles. The molecule has 1 aliphatic heterocycles. The van der Waals surface area contributed by atoms with Crippen molar-refractivity contribution < 1.29 is 0 Å². The number of anilines is 1. The number of hydrogen-bond donors (Lipinski definition) is 0. The van der Waals surface area contributed by atoms with Crippen molar-refractivity contribution in [1.82, 2.24) is 0 Å². The fraction of sp³-hybridized carbons (Fsp3) is 0.0556. The highest BCUT2D eigenvalue weighted by Crippen LogP contribution is 2.38. The molecule has 0 aromatic heterocycles. The predicted octanol–water partition coefficient (Wildman–Crippen LogP) is 5.13. The highest BCUT2D eigenvalue weighted by Gasteiger charge is 2.20. The number of nitrogens with zero attached hydrogens (tertiary/aromatic N) is 2. The van der Waals surface area contributed by atoms with Gasteiger partial charge in [0.2, 0.25) is 0 Å². The average Bonchev–Trinajstić information content (AvgIpc) is 2.52. The van der Waals surface area contributed by atoms with Crippen LogP contribution in [0.5, 0.6) is 0 Å². The van der Waals surface area contributed by atoms with Gasteiger partial charge in [0.25, 0.3) is 0 Å². The summed E-state index contributed by atoms with van der Waals surface area (Å²) in [5, 5.41) is 2.46. The number of benzene rings is 3. The molecule has 0 N–H and O–H groups in total. The summed E-state index contributed by atoms with van der Waals surface area (Å²) in [5.74, 6) is 0.980. The van der Waals surface area contributed by atoms with E-state index in [0.29, 0.717) is 0 Å². The lowest BCUT2D eigenvalue weighted by molar-refractivity contribution is 1.24. The molecule has 3 heteroatoms. The van der Waals surface area contributed by atoms with Crippen molar-refractivity contribution in [2.75, 3.05) is 11.9 Å². The van der Waals surface area contributed by atoms with Crippen LogP contribution in [-0.2, 0) is 0 Å². The van der Waals surface area contributed by atoms with Crippen LogP contribution in [0.1, 0.15) is 5.56 Å². The molecule has 0 saturated heterocycles. The topological polar surface area (TPSA) is 15.6 Å². The Balaban J connectivity index is 1.97. The van der Waals surface area contributed by atoms with Crippen LogP contribution in [0.4, 0.5) is 11.4 Å². The Morgan fingerprint density at radius 2 is 1.62 bits per heavy atom. The number of amidine groups is 1. The van der Waals surface area contributed by atoms with Gasteiger partial charge in [-0.25, -0.2) is 4.99 Å². The van der Waals surface area contributed by atoms with Crippen molar-refractivity contribution in [2.45, 2.75) is 0 Å². The van der Waals surface area contributed by atoms with Crippen LogP contribution in [0.2, 0.25) is 0 Å². The van der Waals surface area contributed by atoms with Crippen LogP contribution >= 0.6 is 15.9 Å². The Labute approximate surface area is 131 Å². The minimum atomic E-state index is 0.980. The van der Waals surface area contributed by atoms with Crippen molar-refractivity contribution in [3.63, 3.8) is 0 Å². The van der Waals surface area contributed by atoms with Crippen molar-refractivity contribution in [3.8, 4) is 0 Å². The molecule has 0 spiro atoms. The highest BCUT2D eigenvalue weighted by atomic mass is 79.9. The maximum Gasteiger partial charge on any atom is 0.140 e. The first kappa shape index (κ1) is 12.6. The van der Waals surface area contributed by atoms with Crippen LogP contribution in [0.25, 0.3) is 10.8 Å². The number of halogens is 1. The Hall–Kier alpha value is -2.13. The monoisotopic (exact) mass is 336 g/mol. The molecule has 102 valence electrons. The molecule has 0 aliphatic carbocycles. The van der Waals surface area contributed by atoms with Crippen LogP contribution in [0.3, 0.4) is 0 Å². The Kier molecular flexibility index (Phi) is 2.82. The molecule has 0 unspecified atom stereocenters. The summed E-state index contributed by atoms with van der Waals surface area (Å²) in [6, 6.07) is 20.9. The van der Waals surface area contributed by atoms with Crippen molar-refractivity contribution in [3.05, 3.63) is 70.7 Å². The second kappa shape index (κ2) is 4.71. The maximum atomic E-state index is 4.87. The number of rotatable bonds is 1. The van der Waals surface area contributed by atoms with Gasteiger partial charge in [-0.05, 0) is 29.7 Å².